The van der Waals surface area contributed by atoms with Gasteiger partial charge in [-0.1, -0.05) is 59.6 Å². The van der Waals surface area contributed by atoms with E-state index in [-0.39, 0.29) is 5.92 Å². The smallest absolute Gasteiger partial charge is 0.0754 e. The fraction of sp³-hybridized carbons (Fsp3) is 0.133. The summed E-state index contributed by atoms with van der Waals surface area (Å²) in [5.41, 5.74) is 1.81. The molecule has 0 aliphatic carbocycles. The SMILES string of the molecule is N#CC(Cc1c(Cl)cccc1Cl)c1ccccc1. The summed E-state index contributed by atoms with van der Waals surface area (Å²) in [7, 11) is 0. The monoisotopic (exact) mass is 275 g/mol. The van der Waals surface area contributed by atoms with Crippen LogP contribution in [0.2, 0.25) is 10.0 Å². The third kappa shape index (κ3) is 2.85. The van der Waals surface area contributed by atoms with Crippen LogP contribution in [0.3, 0.4) is 0 Å². The molecule has 0 N–H and O–H groups in total. The van der Waals surface area contributed by atoms with Gasteiger partial charge in [0.15, 0.2) is 0 Å². The Labute approximate surface area is 117 Å². The second kappa shape index (κ2) is 5.91. The lowest BCUT2D eigenvalue weighted by Crippen LogP contribution is -2.01. The van der Waals surface area contributed by atoms with Gasteiger partial charge in [-0.05, 0) is 29.7 Å². The van der Waals surface area contributed by atoms with Gasteiger partial charge in [-0.3, -0.25) is 0 Å². The molecule has 0 heterocycles. The summed E-state index contributed by atoms with van der Waals surface area (Å²) in [6.45, 7) is 0. The number of nitriles is 1. The first-order valence-electron chi connectivity index (χ1n) is 5.60. The number of halogens is 2. The summed E-state index contributed by atoms with van der Waals surface area (Å²) in [6, 6.07) is 17.4. The molecular weight excluding hydrogens is 265 g/mol. The van der Waals surface area contributed by atoms with E-state index in [1.54, 1.807) is 18.2 Å². The lowest BCUT2D eigenvalue weighted by molar-refractivity contribution is 0.849. The summed E-state index contributed by atoms with van der Waals surface area (Å²) < 4.78 is 0. The fourth-order valence-electron chi connectivity index (χ4n) is 1.85. The Morgan fingerprint density at radius 1 is 0.944 bits per heavy atom. The van der Waals surface area contributed by atoms with Crippen LogP contribution in [0.1, 0.15) is 17.0 Å². The first kappa shape index (κ1) is 13.0. The Hall–Kier alpha value is -1.49. The molecule has 0 radical (unpaired) electrons. The molecule has 0 aliphatic rings. The summed E-state index contributed by atoms with van der Waals surface area (Å²) in [5.74, 6) is -0.233. The molecule has 1 nitrogen and oxygen atoms in total. The average Bonchev–Trinajstić information content (AvgIpc) is 2.40. The van der Waals surface area contributed by atoms with Gasteiger partial charge in [-0.25, -0.2) is 0 Å². The van der Waals surface area contributed by atoms with Crippen molar-refractivity contribution < 1.29 is 0 Å². The van der Waals surface area contributed by atoms with E-state index in [0.29, 0.717) is 16.5 Å². The molecule has 2 aromatic rings. The van der Waals surface area contributed by atoms with Crippen LogP contribution in [0.15, 0.2) is 48.5 Å². The molecule has 0 saturated carbocycles. The van der Waals surface area contributed by atoms with E-state index in [0.717, 1.165) is 11.1 Å². The minimum atomic E-state index is -0.233. The summed E-state index contributed by atoms with van der Waals surface area (Å²) in [4.78, 5) is 0. The highest BCUT2D eigenvalue weighted by molar-refractivity contribution is 6.36. The molecule has 0 fully saturated rings. The Morgan fingerprint density at radius 3 is 2.11 bits per heavy atom. The molecule has 0 bridgehead atoms. The van der Waals surface area contributed by atoms with Crippen molar-refractivity contribution in [1.29, 1.82) is 5.26 Å². The maximum Gasteiger partial charge on any atom is 0.0754 e. The van der Waals surface area contributed by atoms with E-state index in [1.165, 1.54) is 0 Å². The number of benzene rings is 2. The summed E-state index contributed by atoms with van der Waals surface area (Å²) in [6.07, 6.45) is 0.527. The highest BCUT2D eigenvalue weighted by Gasteiger charge is 2.15. The van der Waals surface area contributed by atoms with Crippen molar-refractivity contribution in [3.05, 3.63) is 69.7 Å². The molecule has 0 aliphatic heterocycles. The topological polar surface area (TPSA) is 23.8 Å². The Morgan fingerprint density at radius 2 is 1.56 bits per heavy atom. The number of rotatable bonds is 3. The lowest BCUT2D eigenvalue weighted by Gasteiger charge is -2.12. The largest absolute Gasteiger partial charge is 0.198 e. The second-order valence-corrected chi connectivity index (χ2v) is 4.81. The van der Waals surface area contributed by atoms with Gasteiger partial charge in [0.25, 0.3) is 0 Å². The van der Waals surface area contributed by atoms with Crippen LogP contribution in [0, 0.1) is 11.3 Å². The normalized spacial score (nSPS) is 11.8. The van der Waals surface area contributed by atoms with Gasteiger partial charge in [-0.15, -0.1) is 0 Å². The van der Waals surface area contributed by atoms with Crippen LogP contribution in [0.25, 0.3) is 0 Å². The quantitative estimate of drug-likeness (QED) is 0.786. The van der Waals surface area contributed by atoms with E-state index in [4.69, 9.17) is 23.2 Å². The first-order chi connectivity index (χ1) is 8.72. The Balaban J connectivity index is 2.30. The number of nitrogens with zero attached hydrogens (tertiary/aromatic N) is 1. The zero-order chi connectivity index (χ0) is 13.0. The molecule has 0 saturated heterocycles. The van der Waals surface area contributed by atoms with E-state index in [9.17, 15) is 5.26 Å². The van der Waals surface area contributed by atoms with E-state index in [1.807, 2.05) is 30.3 Å². The van der Waals surface area contributed by atoms with Crippen LogP contribution in [0.4, 0.5) is 0 Å². The third-order valence-corrected chi connectivity index (χ3v) is 3.54. The molecule has 90 valence electrons. The third-order valence-electron chi connectivity index (χ3n) is 2.83. The predicted molar refractivity (Wildman–Crippen MR) is 75.0 cm³/mol. The average molecular weight is 276 g/mol. The van der Waals surface area contributed by atoms with Crippen LogP contribution in [-0.2, 0) is 6.42 Å². The van der Waals surface area contributed by atoms with Crippen molar-refractivity contribution in [3.8, 4) is 6.07 Å². The van der Waals surface area contributed by atoms with Crippen LogP contribution in [-0.4, -0.2) is 0 Å². The van der Waals surface area contributed by atoms with Gasteiger partial charge < -0.3 is 0 Å². The maximum atomic E-state index is 9.29. The van der Waals surface area contributed by atoms with E-state index in [2.05, 4.69) is 6.07 Å². The minimum absolute atomic E-state index is 0.233. The van der Waals surface area contributed by atoms with Gasteiger partial charge in [0.05, 0.1) is 12.0 Å². The molecule has 2 aromatic carbocycles. The highest BCUT2D eigenvalue weighted by Crippen LogP contribution is 2.30. The number of hydrogen-bond acceptors (Lipinski definition) is 1. The highest BCUT2D eigenvalue weighted by atomic mass is 35.5. The minimum Gasteiger partial charge on any atom is -0.198 e. The number of hydrogen-bond donors (Lipinski definition) is 0. The second-order valence-electron chi connectivity index (χ2n) is 4.00. The molecule has 2 rings (SSSR count). The van der Waals surface area contributed by atoms with Gasteiger partial charge in [0.2, 0.25) is 0 Å². The first-order valence-corrected chi connectivity index (χ1v) is 6.35. The van der Waals surface area contributed by atoms with Gasteiger partial charge >= 0.3 is 0 Å². The van der Waals surface area contributed by atoms with Gasteiger partial charge in [0.1, 0.15) is 0 Å². The zero-order valence-electron chi connectivity index (χ0n) is 9.61. The molecule has 1 atom stereocenters. The van der Waals surface area contributed by atoms with Crippen molar-refractivity contribution >= 4 is 23.2 Å². The molecule has 0 aromatic heterocycles. The molecule has 0 amide bonds. The van der Waals surface area contributed by atoms with Crippen molar-refractivity contribution in [2.24, 2.45) is 0 Å². The Bertz CT molecular complexity index is 553. The van der Waals surface area contributed by atoms with Crippen LogP contribution >= 0.6 is 23.2 Å². The van der Waals surface area contributed by atoms with Crippen molar-refractivity contribution in [2.75, 3.05) is 0 Å². The molecule has 3 heteroatoms. The standard InChI is InChI=1S/C15H11Cl2N/c16-14-7-4-8-15(17)13(14)9-12(10-18)11-5-2-1-3-6-11/h1-8,12H,9H2. The molecular formula is C15H11Cl2N. The molecule has 1 unspecified atom stereocenters. The predicted octanol–water partition coefficient (Wildman–Crippen LogP) is 4.84. The summed E-state index contributed by atoms with van der Waals surface area (Å²) >= 11 is 12.2. The fourth-order valence-corrected chi connectivity index (χ4v) is 2.41. The van der Waals surface area contributed by atoms with Crippen LogP contribution < -0.4 is 0 Å². The lowest BCUT2D eigenvalue weighted by atomic mass is 9.93. The zero-order valence-corrected chi connectivity index (χ0v) is 11.1. The van der Waals surface area contributed by atoms with Gasteiger partial charge in [-0.2, -0.15) is 5.26 Å². The van der Waals surface area contributed by atoms with Crippen molar-refractivity contribution in [3.63, 3.8) is 0 Å². The van der Waals surface area contributed by atoms with Crippen LogP contribution in [0.5, 0.6) is 0 Å². The van der Waals surface area contributed by atoms with E-state index >= 15 is 0 Å². The van der Waals surface area contributed by atoms with E-state index < -0.39 is 0 Å². The van der Waals surface area contributed by atoms with Crippen molar-refractivity contribution in [1.82, 2.24) is 0 Å². The molecule has 18 heavy (non-hydrogen) atoms. The summed E-state index contributed by atoms with van der Waals surface area (Å²) in [5, 5.41) is 10.5. The molecule has 0 spiro atoms. The maximum absolute atomic E-state index is 9.29. The van der Waals surface area contributed by atoms with Gasteiger partial charge in [0, 0.05) is 10.0 Å². The van der Waals surface area contributed by atoms with Crippen molar-refractivity contribution in [2.45, 2.75) is 12.3 Å². The Kier molecular flexibility index (Phi) is 4.25.